The van der Waals surface area contributed by atoms with E-state index in [-0.39, 0.29) is 30.3 Å². The third-order valence-electron chi connectivity index (χ3n) is 3.56. The number of non-ortho nitro benzene ring substituents is 1. The minimum atomic E-state index is -0.700. The molecule has 2 aromatic rings. The van der Waals surface area contributed by atoms with Gasteiger partial charge in [-0.3, -0.25) is 25.0 Å². The van der Waals surface area contributed by atoms with Crippen LogP contribution < -0.4 is 5.32 Å². The number of aromatic hydroxyl groups is 1. The van der Waals surface area contributed by atoms with Gasteiger partial charge in [-0.2, -0.15) is 0 Å². The number of hydrogen-bond donors (Lipinski definition) is 2. The molecule has 1 aromatic heterocycles. The summed E-state index contributed by atoms with van der Waals surface area (Å²) in [6.07, 6.45) is 1.95. The van der Waals surface area contributed by atoms with Crippen molar-refractivity contribution in [2.24, 2.45) is 0 Å². The van der Waals surface area contributed by atoms with E-state index >= 15 is 0 Å². The maximum Gasteiger partial charge on any atom is 0.270 e. The van der Waals surface area contributed by atoms with Gasteiger partial charge in [0, 0.05) is 35.5 Å². The molecule has 21 heavy (non-hydrogen) atoms. The third kappa shape index (κ3) is 2.10. The van der Waals surface area contributed by atoms with Crippen LogP contribution in [-0.4, -0.2) is 26.4 Å². The number of imide groups is 1. The minimum Gasteiger partial charge on any atom is -0.494 e. The Morgan fingerprint density at radius 1 is 1.38 bits per heavy atom. The van der Waals surface area contributed by atoms with Crippen molar-refractivity contribution in [3.8, 4) is 5.88 Å². The van der Waals surface area contributed by atoms with Crippen LogP contribution in [0.15, 0.2) is 24.4 Å². The lowest BCUT2D eigenvalue weighted by atomic mass is 10.1. The number of carbonyl (C=O) groups excluding carboxylic acids is 2. The highest BCUT2D eigenvalue weighted by Crippen LogP contribution is 2.34. The van der Waals surface area contributed by atoms with Crippen molar-refractivity contribution in [1.29, 1.82) is 0 Å². The molecular weight excluding hydrogens is 278 g/mol. The summed E-state index contributed by atoms with van der Waals surface area (Å²) in [6, 6.07) is 3.36. The Bertz CT molecular complexity index is 779. The summed E-state index contributed by atoms with van der Waals surface area (Å²) in [5.74, 6) is -0.978. The molecule has 0 spiro atoms. The normalized spacial score (nSPS) is 18.8. The number of aromatic nitrogens is 1. The molecule has 2 heterocycles. The van der Waals surface area contributed by atoms with E-state index in [2.05, 4.69) is 5.32 Å². The largest absolute Gasteiger partial charge is 0.494 e. The first-order valence-electron chi connectivity index (χ1n) is 6.29. The van der Waals surface area contributed by atoms with Crippen LogP contribution in [0.5, 0.6) is 5.88 Å². The fourth-order valence-electron chi connectivity index (χ4n) is 2.51. The molecule has 1 aliphatic rings. The van der Waals surface area contributed by atoms with Crippen LogP contribution in [0.1, 0.15) is 18.9 Å². The number of nitrogens with one attached hydrogen (secondary N) is 1. The number of hydrogen-bond acceptors (Lipinski definition) is 5. The zero-order chi connectivity index (χ0) is 15.1. The van der Waals surface area contributed by atoms with Crippen LogP contribution in [0.2, 0.25) is 0 Å². The zero-order valence-corrected chi connectivity index (χ0v) is 10.8. The summed E-state index contributed by atoms with van der Waals surface area (Å²) >= 11 is 0. The Hall–Kier alpha value is -2.90. The number of nitro groups is 1. The van der Waals surface area contributed by atoms with Gasteiger partial charge in [0.2, 0.25) is 11.8 Å². The van der Waals surface area contributed by atoms with E-state index in [1.165, 1.54) is 29.0 Å². The summed E-state index contributed by atoms with van der Waals surface area (Å²) in [5, 5.41) is 24.0. The molecule has 8 nitrogen and oxygen atoms in total. The van der Waals surface area contributed by atoms with E-state index in [0.717, 1.165) is 0 Å². The standard InChI is InChI=1S/C13H11N3O5/c17-11-4-3-10(12(18)14-11)15-6-7-5-8(16(20)21)1-2-9(7)13(15)19/h1-2,5-6,10,19H,3-4H2,(H,14,17,18). The first kappa shape index (κ1) is 13.1. The van der Waals surface area contributed by atoms with E-state index in [1.807, 2.05) is 0 Å². The lowest BCUT2D eigenvalue weighted by Crippen LogP contribution is -2.41. The topological polar surface area (TPSA) is 114 Å². The smallest absolute Gasteiger partial charge is 0.270 e. The summed E-state index contributed by atoms with van der Waals surface area (Å²) in [4.78, 5) is 33.2. The Morgan fingerprint density at radius 2 is 2.14 bits per heavy atom. The lowest BCUT2D eigenvalue weighted by molar-refractivity contribution is -0.384. The molecule has 108 valence electrons. The van der Waals surface area contributed by atoms with Gasteiger partial charge in [-0.15, -0.1) is 0 Å². The Labute approximate surface area is 118 Å². The average Bonchev–Trinajstić information content (AvgIpc) is 2.75. The third-order valence-corrected chi connectivity index (χ3v) is 3.56. The van der Waals surface area contributed by atoms with Crippen molar-refractivity contribution in [3.63, 3.8) is 0 Å². The predicted octanol–water partition coefficient (Wildman–Crippen LogP) is 1.23. The van der Waals surface area contributed by atoms with Crippen molar-refractivity contribution >= 4 is 28.3 Å². The van der Waals surface area contributed by atoms with E-state index in [4.69, 9.17) is 0 Å². The molecule has 0 saturated carbocycles. The van der Waals surface area contributed by atoms with Gasteiger partial charge >= 0.3 is 0 Å². The van der Waals surface area contributed by atoms with E-state index in [1.54, 1.807) is 0 Å². The second-order valence-corrected chi connectivity index (χ2v) is 4.86. The SMILES string of the molecule is O=C1CCC(n2cc3cc([N+](=O)[O-])ccc3c2O)C(=O)N1. The highest BCUT2D eigenvalue weighted by molar-refractivity contribution is 6.00. The number of amides is 2. The second kappa shape index (κ2) is 4.58. The first-order chi connectivity index (χ1) is 9.97. The number of nitrogens with zero attached hydrogens (tertiary/aromatic N) is 2. The van der Waals surface area contributed by atoms with Crippen LogP contribution in [-0.2, 0) is 9.59 Å². The number of rotatable bonds is 2. The van der Waals surface area contributed by atoms with Crippen LogP contribution in [0.25, 0.3) is 10.8 Å². The monoisotopic (exact) mass is 289 g/mol. The van der Waals surface area contributed by atoms with Gasteiger partial charge in [-0.1, -0.05) is 0 Å². The van der Waals surface area contributed by atoms with Crippen molar-refractivity contribution in [2.45, 2.75) is 18.9 Å². The van der Waals surface area contributed by atoms with Crippen molar-refractivity contribution in [3.05, 3.63) is 34.5 Å². The molecule has 1 unspecified atom stereocenters. The zero-order valence-electron chi connectivity index (χ0n) is 10.8. The van der Waals surface area contributed by atoms with E-state index in [9.17, 15) is 24.8 Å². The molecule has 0 aliphatic carbocycles. The van der Waals surface area contributed by atoms with Gasteiger partial charge in [0.25, 0.3) is 5.69 Å². The highest BCUT2D eigenvalue weighted by Gasteiger charge is 2.30. The molecule has 1 fully saturated rings. The molecule has 1 atom stereocenters. The average molecular weight is 289 g/mol. The summed E-state index contributed by atoms with van der Waals surface area (Å²) < 4.78 is 1.34. The predicted molar refractivity (Wildman–Crippen MR) is 71.7 cm³/mol. The van der Waals surface area contributed by atoms with Crippen molar-refractivity contribution in [1.82, 2.24) is 9.88 Å². The first-order valence-corrected chi connectivity index (χ1v) is 6.29. The number of carbonyl (C=O) groups is 2. The number of fused-ring (bicyclic) bond motifs is 1. The van der Waals surface area contributed by atoms with Crippen molar-refractivity contribution < 1.29 is 19.6 Å². The molecule has 0 radical (unpaired) electrons. The van der Waals surface area contributed by atoms with E-state index < -0.39 is 16.9 Å². The Morgan fingerprint density at radius 3 is 2.81 bits per heavy atom. The molecule has 8 heteroatoms. The molecule has 0 bridgehead atoms. The van der Waals surface area contributed by atoms with Gasteiger partial charge < -0.3 is 9.67 Å². The number of piperidine rings is 1. The quantitative estimate of drug-likeness (QED) is 0.490. The maximum atomic E-state index is 11.8. The fraction of sp³-hybridized carbons (Fsp3) is 0.231. The molecular formula is C13H11N3O5. The van der Waals surface area contributed by atoms with Crippen LogP contribution >= 0.6 is 0 Å². The van der Waals surface area contributed by atoms with Gasteiger partial charge in [-0.05, 0) is 12.5 Å². The minimum absolute atomic E-state index is 0.0945. The Kier molecular flexibility index (Phi) is 2.86. The lowest BCUT2D eigenvalue weighted by Gasteiger charge is -2.22. The van der Waals surface area contributed by atoms with Gasteiger partial charge in [-0.25, -0.2) is 0 Å². The van der Waals surface area contributed by atoms with Gasteiger partial charge in [0.05, 0.1) is 4.92 Å². The van der Waals surface area contributed by atoms with Crippen LogP contribution in [0.4, 0.5) is 5.69 Å². The maximum absolute atomic E-state index is 11.8. The summed E-state index contributed by atoms with van der Waals surface area (Å²) in [5.41, 5.74) is -0.0945. The van der Waals surface area contributed by atoms with E-state index in [0.29, 0.717) is 10.8 Å². The second-order valence-electron chi connectivity index (χ2n) is 4.86. The van der Waals surface area contributed by atoms with Crippen LogP contribution in [0.3, 0.4) is 0 Å². The summed E-state index contributed by atoms with van der Waals surface area (Å²) in [7, 11) is 0. The van der Waals surface area contributed by atoms with Crippen LogP contribution in [0, 0.1) is 10.1 Å². The molecule has 1 saturated heterocycles. The summed E-state index contributed by atoms with van der Waals surface area (Å²) in [6.45, 7) is 0. The fourth-order valence-corrected chi connectivity index (χ4v) is 2.51. The number of benzene rings is 1. The molecule has 2 amide bonds. The van der Waals surface area contributed by atoms with Gasteiger partial charge in [0.15, 0.2) is 5.88 Å². The Balaban J connectivity index is 2.07. The number of nitro benzene ring substituents is 1. The molecule has 1 aromatic carbocycles. The molecule has 1 aliphatic heterocycles. The van der Waals surface area contributed by atoms with Crippen molar-refractivity contribution in [2.75, 3.05) is 0 Å². The highest BCUT2D eigenvalue weighted by atomic mass is 16.6. The van der Waals surface area contributed by atoms with Gasteiger partial charge in [0.1, 0.15) is 6.04 Å². The molecule has 3 rings (SSSR count). The molecule has 2 N–H and O–H groups in total.